The van der Waals surface area contributed by atoms with E-state index in [-0.39, 0.29) is 107 Å². The zero-order valence-corrected chi connectivity index (χ0v) is 31.4. The summed E-state index contributed by atoms with van der Waals surface area (Å²) in [4.78, 5) is 12.1. The van der Waals surface area contributed by atoms with Gasteiger partial charge in [-0.1, -0.05) is 32.1 Å². The van der Waals surface area contributed by atoms with E-state index in [0.717, 1.165) is 5.57 Å². The minimum absolute atomic E-state index is 0. The summed E-state index contributed by atoms with van der Waals surface area (Å²) in [6.45, 7) is 6.25. The summed E-state index contributed by atoms with van der Waals surface area (Å²) < 4.78 is 120. The summed E-state index contributed by atoms with van der Waals surface area (Å²) in [5, 5.41) is 0. The van der Waals surface area contributed by atoms with Crippen LogP contribution in [0, 0.1) is 22.7 Å². The van der Waals surface area contributed by atoms with Gasteiger partial charge in [0.2, 0.25) is 31.2 Å². The average molecular weight is 657 g/mol. The predicted molar refractivity (Wildman–Crippen MR) is 119 cm³/mol. The van der Waals surface area contributed by atoms with Gasteiger partial charge in [0, 0.05) is 5.41 Å². The predicted octanol–water partition coefficient (Wildman–Crippen LogP) is -8.57. The van der Waals surface area contributed by atoms with Crippen LogP contribution >= 0.6 is 0 Å². The molecule has 2 saturated carbocycles. The van der Waals surface area contributed by atoms with E-state index in [4.69, 9.17) is 8.92 Å². The third-order valence-corrected chi connectivity index (χ3v) is 9.16. The Kier molecular flexibility index (Phi) is 15.8. The van der Waals surface area contributed by atoms with Gasteiger partial charge < -0.3 is 18.4 Å². The maximum Gasteiger partial charge on any atom is 1.00 e. The molecule has 0 bridgehead atoms. The molecule has 0 aromatic carbocycles. The van der Waals surface area contributed by atoms with Crippen molar-refractivity contribution in [3.8, 4) is 0 Å². The number of hydrogen-bond acceptors (Lipinski definition) is 14. The van der Waals surface area contributed by atoms with Crippen molar-refractivity contribution in [3.63, 3.8) is 0 Å². The number of carbonyl (C=O) groups excluding carboxylic acids is 1. The molecule has 40 heavy (non-hydrogen) atoms. The van der Waals surface area contributed by atoms with Crippen molar-refractivity contribution in [2.45, 2.75) is 58.2 Å². The van der Waals surface area contributed by atoms with Crippen molar-refractivity contribution < 1.29 is 150 Å². The van der Waals surface area contributed by atoms with Crippen LogP contribution in [-0.2, 0) is 53.3 Å². The third-order valence-electron chi connectivity index (χ3n) is 7.82. The van der Waals surface area contributed by atoms with E-state index >= 15 is 0 Å². The van der Waals surface area contributed by atoms with Gasteiger partial charge in [-0.15, -0.1) is 0 Å². The van der Waals surface area contributed by atoms with Crippen LogP contribution in [0.4, 0.5) is 0 Å². The SMILES string of the molecule is C=C1CC[C@@H]2[C@](C)(COS(=O)(=O)[O-])[C@H](OS(=O)(=O)[O-])CC[C@@]2(C)[C@@H]1C/C=C1/C(=O)OC[C@H]1OS(=O)(=O)[O-].[Na+].[Na+].[Na+]. The Morgan fingerprint density at radius 1 is 0.975 bits per heavy atom. The van der Waals surface area contributed by atoms with Crippen molar-refractivity contribution in [2.75, 3.05) is 13.2 Å². The van der Waals surface area contributed by atoms with Crippen molar-refractivity contribution in [1.82, 2.24) is 0 Å². The quantitative estimate of drug-likeness (QED) is 0.0561. The van der Waals surface area contributed by atoms with Crippen LogP contribution in [0.3, 0.4) is 0 Å². The van der Waals surface area contributed by atoms with E-state index in [9.17, 15) is 43.7 Å². The molecule has 0 aromatic rings. The molecule has 0 N–H and O–H groups in total. The summed E-state index contributed by atoms with van der Waals surface area (Å²) >= 11 is 0. The summed E-state index contributed by atoms with van der Waals surface area (Å²) in [7, 11) is -15.5. The fraction of sp³-hybridized carbons (Fsp3) is 0.750. The molecule has 14 nitrogen and oxygen atoms in total. The Bertz CT molecular complexity index is 1300. The van der Waals surface area contributed by atoms with Crippen molar-refractivity contribution in [2.24, 2.45) is 22.7 Å². The smallest absolute Gasteiger partial charge is 0.726 e. The van der Waals surface area contributed by atoms with Gasteiger partial charge in [-0.05, 0) is 49.4 Å². The number of rotatable bonds is 9. The number of cyclic esters (lactones) is 1. The first-order valence-corrected chi connectivity index (χ1v) is 15.2. The number of esters is 1. The van der Waals surface area contributed by atoms with Crippen LogP contribution in [0.5, 0.6) is 0 Å². The van der Waals surface area contributed by atoms with Gasteiger partial charge in [0.05, 0.1) is 18.3 Å². The second-order valence-corrected chi connectivity index (χ2v) is 13.1. The van der Waals surface area contributed by atoms with Crippen LogP contribution in [0.15, 0.2) is 23.8 Å². The van der Waals surface area contributed by atoms with E-state index in [2.05, 4.69) is 14.9 Å². The molecular weight excluding hydrogens is 629 g/mol. The van der Waals surface area contributed by atoms with E-state index in [1.165, 1.54) is 13.0 Å². The Balaban J connectivity index is 0.00000507. The minimum atomic E-state index is -5.18. The summed E-state index contributed by atoms with van der Waals surface area (Å²) in [5.74, 6) is -1.78. The van der Waals surface area contributed by atoms with Gasteiger partial charge in [0.25, 0.3) is 0 Å². The molecule has 0 aromatic heterocycles. The second kappa shape index (κ2) is 15.2. The van der Waals surface area contributed by atoms with E-state index in [0.29, 0.717) is 19.3 Å². The topological polar surface area (TPSA) is 226 Å². The summed E-state index contributed by atoms with van der Waals surface area (Å²) in [6.07, 6.45) is -0.106. The van der Waals surface area contributed by atoms with Crippen LogP contribution in [0.2, 0.25) is 0 Å². The number of ether oxygens (including phenoxy) is 1. The van der Waals surface area contributed by atoms with Crippen molar-refractivity contribution in [3.05, 3.63) is 23.8 Å². The van der Waals surface area contributed by atoms with Gasteiger partial charge in [-0.25, -0.2) is 30.0 Å². The normalized spacial score (nSPS) is 33.7. The van der Waals surface area contributed by atoms with Gasteiger partial charge in [-0.2, -0.15) is 0 Å². The minimum Gasteiger partial charge on any atom is -0.726 e. The third kappa shape index (κ3) is 10.3. The molecule has 1 saturated heterocycles. The fourth-order valence-electron chi connectivity index (χ4n) is 6.24. The van der Waals surface area contributed by atoms with Crippen LogP contribution < -0.4 is 88.7 Å². The van der Waals surface area contributed by atoms with Gasteiger partial charge in [0.15, 0.2) is 0 Å². The molecule has 0 radical (unpaired) electrons. The second-order valence-electron chi connectivity index (χ2n) is 10.0. The zero-order valence-electron chi connectivity index (χ0n) is 23.0. The van der Waals surface area contributed by atoms with Gasteiger partial charge in [0.1, 0.15) is 12.7 Å². The van der Waals surface area contributed by atoms with Crippen LogP contribution in [0.25, 0.3) is 0 Å². The number of fused-ring (bicyclic) bond motifs is 1. The number of hydrogen-bond donors (Lipinski definition) is 0. The molecule has 20 heteroatoms. The molecule has 0 amide bonds. The molecule has 3 aliphatic rings. The molecule has 3 rings (SSSR count). The van der Waals surface area contributed by atoms with Crippen molar-refractivity contribution >= 4 is 37.2 Å². The number of carbonyl (C=O) groups is 1. The van der Waals surface area contributed by atoms with E-state index in [1.807, 2.05) is 6.92 Å². The van der Waals surface area contributed by atoms with E-state index < -0.39 is 85.3 Å². The maximum atomic E-state index is 12.1. The maximum absolute atomic E-state index is 12.1. The van der Waals surface area contributed by atoms with Gasteiger partial charge >= 0.3 is 94.6 Å². The molecular formula is C20H27Na3O14S3. The van der Waals surface area contributed by atoms with Gasteiger partial charge in [-0.3, -0.25) is 12.5 Å². The average Bonchev–Trinajstić information content (AvgIpc) is 3.05. The van der Waals surface area contributed by atoms with Crippen LogP contribution in [0.1, 0.15) is 46.0 Å². The standard InChI is InChI=1S/C20H30O14S3.3Na/c1-12-4-7-16-19(2,14(12)6-5-13-15(10-31-18(13)21)33-36(25,26)27)9-8-17(34-37(28,29)30)20(16,3)11-32-35(22,23)24;;;/h5,14-17H,1,4,6-11H2,2-3H3,(H,22,23,24)(H,25,26,27)(H,28,29,30);;;/q;3*+1/p-3/b13-5+;;;/t14-,15-,16+,17-,19+,20+;;;/m1.../s1. The Hall–Kier alpha value is 1.56. The van der Waals surface area contributed by atoms with Crippen molar-refractivity contribution in [1.29, 1.82) is 0 Å². The van der Waals surface area contributed by atoms with Crippen LogP contribution in [-0.4, -0.2) is 70.3 Å². The molecule has 0 spiro atoms. The summed E-state index contributed by atoms with van der Waals surface area (Å²) in [6, 6.07) is 0. The first-order valence-electron chi connectivity index (χ1n) is 11.2. The monoisotopic (exact) mass is 656 g/mol. The first-order chi connectivity index (χ1) is 16.8. The van der Waals surface area contributed by atoms with E-state index in [1.54, 1.807) is 0 Å². The largest absolute Gasteiger partial charge is 1.00 e. The Labute approximate surface area is 301 Å². The first kappa shape index (κ1) is 41.6. The molecule has 1 heterocycles. The molecule has 1 aliphatic heterocycles. The molecule has 212 valence electrons. The molecule has 3 fully saturated rings. The summed E-state index contributed by atoms with van der Waals surface area (Å²) in [5.41, 5.74) is -1.53. The molecule has 6 atom stereocenters. The number of allylic oxidation sites excluding steroid dienone is 2. The molecule has 0 unspecified atom stereocenters. The Morgan fingerprint density at radius 3 is 2.08 bits per heavy atom. The zero-order chi connectivity index (χ0) is 28.0. The Morgan fingerprint density at radius 2 is 1.55 bits per heavy atom. The molecule has 2 aliphatic carbocycles. The fourth-order valence-corrected chi connectivity index (χ4v) is 7.68.